The normalized spacial score (nSPS) is 27.2. The average Bonchev–Trinajstić information content (AvgIpc) is 3.96. The Hall–Kier alpha value is -5.86. The number of likely N-dealkylation sites (tertiary alicyclic amines) is 1. The van der Waals surface area contributed by atoms with Crippen molar-refractivity contribution in [3.8, 4) is 5.75 Å². The Bertz CT molecular complexity index is 2490. The van der Waals surface area contributed by atoms with Crippen LogP contribution in [0.1, 0.15) is 37.6 Å². The Kier molecular flexibility index (Phi) is 20.7. The summed E-state index contributed by atoms with van der Waals surface area (Å²) >= 11 is 1.10. The first-order valence-electron chi connectivity index (χ1n) is 24.9. The molecule has 0 saturated carbocycles. The average molecular weight is 1110 g/mol. The van der Waals surface area contributed by atoms with Crippen LogP contribution in [0.2, 0.25) is 0 Å². The van der Waals surface area contributed by atoms with E-state index in [0.717, 1.165) is 16.7 Å². The molecule has 424 valence electrons. The van der Waals surface area contributed by atoms with Crippen molar-refractivity contribution in [2.75, 3.05) is 97.9 Å². The number of nitrogens with one attached hydrogen (secondary N) is 2. The number of aliphatic hydroxyl groups is 4. The van der Waals surface area contributed by atoms with E-state index in [1.54, 1.807) is 12.1 Å². The minimum Gasteiger partial charge on any atom is -0.492 e. The molecule has 6 N–H and O–H groups in total. The van der Waals surface area contributed by atoms with Gasteiger partial charge in [-0.15, -0.1) is 11.8 Å². The van der Waals surface area contributed by atoms with Gasteiger partial charge >= 0.3 is 11.9 Å². The minimum atomic E-state index is -1.45. The zero-order chi connectivity index (χ0) is 55.5. The van der Waals surface area contributed by atoms with Gasteiger partial charge in [0.1, 0.15) is 99.8 Å². The predicted molar refractivity (Wildman–Crippen MR) is 260 cm³/mol. The maximum absolute atomic E-state index is 13.6. The van der Waals surface area contributed by atoms with Crippen molar-refractivity contribution in [1.82, 2.24) is 29.9 Å². The van der Waals surface area contributed by atoms with Crippen LogP contribution in [0.5, 0.6) is 5.75 Å². The number of hydrogen-bond donors (Lipinski definition) is 6. The van der Waals surface area contributed by atoms with Crippen LogP contribution in [0, 0.1) is 0 Å². The van der Waals surface area contributed by atoms with Gasteiger partial charge < -0.3 is 88.1 Å². The highest BCUT2D eigenvalue weighted by Crippen LogP contribution is 2.32. The van der Waals surface area contributed by atoms with E-state index in [1.165, 1.54) is 47.4 Å². The number of Topliss-reactive ketones (excluding diaryl/α,β-unsaturated/α-hetero) is 1. The number of carbonyl (C=O) groups excluding carboxylic acids is 9. The fourth-order valence-corrected chi connectivity index (χ4v) is 10.3. The Morgan fingerprint density at radius 1 is 0.727 bits per heavy atom. The van der Waals surface area contributed by atoms with Crippen LogP contribution in [0.3, 0.4) is 0 Å². The molecule has 0 aliphatic carbocycles. The first kappa shape index (κ1) is 58.8. The van der Waals surface area contributed by atoms with Crippen LogP contribution >= 0.6 is 11.8 Å². The topological polar surface area (TPSA) is 356 Å². The first-order chi connectivity index (χ1) is 36.8. The van der Waals surface area contributed by atoms with Crippen LogP contribution in [0.25, 0.3) is 10.9 Å². The van der Waals surface area contributed by atoms with Crippen LogP contribution in [0.15, 0.2) is 24.4 Å². The molecule has 29 heteroatoms. The van der Waals surface area contributed by atoms with Crippen molar-refractivity contribution in [1.29, 1.82) is 0 Å². The highest BCUT2D eigenvalue weighted by Gasteiger charge is 2.51. The third kappa shape index (κ3) is 14.8. The number of fused-ring (bicyclic) bond motifs is 3. The van der Waals surface area contributed by atoms with Gasteiger partial charge in [-0.3, -0.25) is 43.3 Å². The van der Waals surface area contributed by atoms with E-state index in [2.05, 4.69) is 10.6 Å². The summed E-state index contributed by atoms with van der Waals surface area (Å²) in [5.41, 5.74) is 0.370. The van der Waals surface area contributed by atoms with Crippen LogP contribution in [0.4, 0.5) is 0 Å². The number of nitrogens with zero attached hydrogens (tertiary/aromatic N) is 4. The number of aromatic nitrogens is 1. The van der Waals surface area contributed by atoms with Gasteiger partial charge in [0.15, 0.2) is 12.6 Å². The molecule has 1 aromatic heterocycles. The lowest BCUT2D eigenvalue weighted by atomic mass is 9.94. The maximum atomic E-state index is 13.6. The third-order valence-electron chi connectivity index (χ3n) is 13.2. The summed E-state index contributed by atoms with van der Waals surface area (Å²) in [6.07, 6.45) is -8.52. The molecule has 4 unspecified atom stereocenters. The zero-order valence-electron chi connectivity index (χ0n) is 42.5. The van der Waals surface area contributed by atoms with Gasteiger partial charge in [-0.05, 0) is 25.1 Å². The van der Waals surface area contributed by atoms with Gasteiger partial charge in [-0.1, -0.05) is 0 Å². The molecule has 77 heavy (non-hydrogen) atoms. The minimum absolute atomic E-state index is 0.00539. The molecule has 5 aliphatic rings. The number of benzene rings is 1. The number of ether oxygens (including phenoxy) is 9. The molecule has 0 radical (unpaired) electrons. The number of ketones is 1. The summed E-state index contributed by atoms with van der Waals surface area (Å²) in [7, 11) is 0. The summed E-state index contributed by atoms with van der Waals surface area (Å²) in [4.78, 5) is 117. The van der Waals surface area contributed by atoms with Gasteiger partial charge in [0.2, 0.25) is 35.4 Å². The van der Waals surface area contributed by atoms with E-state index < -0.39 is 122 Å². The molecule has 6 heterocycles. The predicted octanol–water partition coefficient (Wildman–Crippen LogP) is -4.18. The monoisotopic (exact) mass is 1110 g/mol. The second kappa shape index (κ2) is 27.1. The summed E-state index contributed by atoms with van der Waals surface area (Å²) in [6, 6.07) is 2.78. The van der Waals surface area contributed by atoms with Crippen molar-refractivity contribution < 1.29 is 106 Å². The Morgan fingerprint density at radius 3 is 1.83 bits per heavy atom. The van der Waals surface area contributed by atoms with Crippen LogP contribution < -0.4 is 15.4 Å². The Labute approximate surface area is 444 Å². The highest BCUT2D eigenvalue weighted by atomic mass is 32.2. The molecule has 0 spiro atoms. The largest absolute Gasteiger partial charge is 0.492 e. The van der Waals surface area contributed by atoms with E-state index in [1.807, 2.05) is 0 Å². The first-order valence-corrected chi connectivity index (χ1v) is 25.9. The molecular weight excluding hydrogens is 1040 g/mol. The van der Waals surface area contributed by atoms with E-state index >= 15 is 0 Å². The van der Waals surface area contributed by atoms with E-state index in [0.29, 0.717) is 5.52 Å². The number of imide groups is 1. The number of aliphatic hydroxyl groups excluding tert-OH is 4. The van der Waals surface area contributed by atoms with Crippen molar-refractivity contribution in [2.45, 2.75) is 100 Å². The zero-order valence-corrected chi connectivity index (χ0v) is 43.3. The maximum Gasteiger partial charge on any atom is 0.340 e. The molecule has 0 bridgehead atoms. The molecule has 28 nitrogen and oxygen atoms in total. The Balaban J connectivity index is 0.881. The SMILES string of the molecule is CC(=O)CSC1CC(=O)N(CCOc2ccc3c(c2)c(C(=O)OCCOCC(=O)NCC2OC4OCCN(C(C)=O)[C@@H]4[C@@H](O)[C@H]2O)cn3CC(=O)OCCOCC(=O)NC[C@H]2OC3OCCN(C(C)=O)[C@@H]3[C@@H](O)[C@H]2O)C1=O. The number of hydrogen-bond acceptors (Lipinski definition) is 23. The molecule has 5 fully saturated rings. The van der Waals surface area contributed by atoms with Crippen molar-refractivity contribution >= 4 is 75.8 Å². The lowest BCUT2D eigenvalue weighted by Crippen LogP contribution is -2.68. The van der Waals surface area contributed by atoms with Gasteiger partial charge in [-0.2, -0.15) is 0 Å². The second-order valence-corrected chi connectivity index (χ2v) is 19.7. The summed E-state index contributed by atoms with van der Waals surface area (Å²) < 4.78 is 51.5. The number of rotatable bonds is 24. The van der Waals surface area contributed by atoms with Gasteiger partial charge in [-0.25, -0.2) is 4.79 Å². The van der Waals surface area contributed by atoms with Crippen LogP contribution in [-0.4, -0.2) is 257 Å². The van der Waals surface area contributed by atoms with Crippen molar-refractivity contribution in [3.05, 3.63) is 30.0 Å². The third-order valence-corrected chi connectivity index (χ3v) is 14.5. The smallest absolute Gasteiger partial charge is 0.340 e. The molecule has 1 aromatic carbocycles. The lowest BCUT2D eigenvalue weighted by molar-refractivity contribution is -0.296. The molecule has 7 rings (SSSR count). The highest BCUT2D eigenvalue weighted by molar-refractivity contribution is 8.01. The summed E-state index contributed by atoms with van der Waals surface area (Å²) in [6.45, 7) is 1.81. The van der Waals surface area contributed by atoms with Gasteiger partial charge in [0.05, 0.1) is 49.5 Å². The van der Waals surface area contributed by atoms with E-state index in [4.69, 9.17) is 42.6 Å². The van der Waals surface area contributed by atoms with Gasteiger partial charge in [0.25, 0.3) is 0 Å². The second-order valence-electron chi connectivity index (χ2n) is 18.6. The number of morpholine rings is 2. The van der Waals surface area contributed by atoms with Crippen molar-refractivity contribution in [2.24, 2.45) is 0 Å². The molecule has 6 amide bonds. The number of esters is 2. The fraction of sp³-hybridized carbons (Fsp3) is 0.646. The number of thioether (sulfide) groups is 1. The molecule has 11 atom stereocenters. The fourth-order valence-electron chi connectivity index (χ4n) is 9.36. The Morgan fingerprint density at radius 2 is 1.29 bits per heavy atom. The summed E-state index contributed by atoms with van der Waals surface area (Å²) in [5.74, 6) is -4.08. The number of amides is 6. The quantitative estimate of drug-likeness (QED) is 0.0330. The molecule has 5 saturated heterocycles. The van der Waals surface area contributed by atoms with Crippen LogP contribution in [-0.2, 0) is 82.8 Å². The number of carbonyl (C=O) groups is 9. The standard InChI is InChI=1S/C48H64N6O22S/c1-25(55)24-77-34-17-37(60)54(45(34)66)8-9-70-28-4-5-31-29(16-28)30(46(67)72-15-13-69-23-36(59)50-19-33-42(63)44(65)40-48(76-33)74-11-7-53(40)27(3)57)20-51(31)21-38(61)71-14-12-68-22-35(58)49-18-32-41(62)43(64)39-47(75-32)73-10-6-52(39)26(2)56/h4-5,16,20,32-34,39-44,47-48,62-65H,6-15,17-19,21-24H2,1-3H3,(H,49,58)(H,50,59)/t32-,33?,34?,39-,40-,41+,42+,43-,44-,47?,48?/m1/s1. The van der Waals surface area contributed by atoms with E-state index in [-0.39, 0.29) is 125 Å². The summed E-state index contributed by atoms with van der Waals surface area (Å²) in [5, 5.41) is 47.5. The molecule has 2 aromatic rings. The van der Waals surface area contributed by atoms with Gasteiger partial charge in [0, 0.05) is 63.5 Å². The lowest BCUT2D eigenvalue weighted by Gasteiger charge is -2.49. The molecule has 5 aliphatic heterocycles. The van der Waals surface area contributed by atoms with E-state index in [9.17, 15) is 63.6 Å². The van der Waals surface area contributed by atoms with Crippen molar-refractivity contribution in [3.63, 3.8) is 0 Å². The molecular formula is C48H64N6O22S.